The van der Waals surface area contributed by atoms with Crippen LogP contribution < -0.4 is 0 Å². The molecule has 112 valence electrons. The Hall–Kier alpha value is -1.94. The van der Waals surface area contributed by atoms with E-state index in [4.69, 9.17) is 5.26 Å². The molecule has 0 atom stereocenters. The molecule has 0 saturated heterocycles. The van der Waals surface area contributed by atoms with Gasteiger partial charge in [0.25, 0.3) is 11.6 Å². The van der Waals surface area contributed by atoms with E-state index >= 15 is 0 Å². The zero-order chi connectivity index (χ0) is 16.0. The second-order valence-corrected chi connectivity index (χ2v) is 5.74. The summed E-state index contributed by atoms with van der Waals surface area (Å²) in [7, 11) is 0. The molecule has 7 heteroatoms. The summed E-state index contributed by atoms with van der Waals surface area (Å²) in [5.41, 5.74) is 0.0911. The summed E-state index contributed by atoms with van der Waals surface area (Å²) in [6.07, 6.45) is 0.227. The number of amides is 1. The van der Waals surface area contributed by atoms with Gasteiger partial charge in [-0.2, -0.15) is 5.26 Å². The van der Waals surface area contributed by atoms with Gasteiger partial charge in [0.05, 0.1) is 23.0 Å². The van der Waals surface area contributed by atoms with Crippen molar-refractivity contribution in [1.29, 1.82) is 5.26 Å². The summed E-state index contributed by atoms with van der Waals surface area (Å²) < 4.78 is 0.172. The Morgan fingerprint density at radius 3 is 2.71 bits per heavy atom. The normalized spacial score (nSPS) is 10.2. The number of nitro groups is 1. The predicted molar refractivity (Wildman–Crippen MR) is 81.8 cm³/mol. The van der Waals surface area contributed by atoms with Crippen LogP contribution in [-0.2, 0) is 0 Å². The van der Waals surface area contributed by atoms with Crippen LogP contribution in [0.15, 0.2) is 22.7 Å². The number of benzene rings is 1. The highest BCUT2D eigenvalue weighted by molar-refractivity contribution is 9.10. The van der Waals surface area contributed by atoms with Crippen LogP contribution in [0.2, 0.25) is 0 Å². The highest BCUT2D eigenvalue weighted by atomic mass is 79.9. The first kappa shape index (κ1) is 17.1. The van der Waals surface area contributed by atoms with Crippen molar-refractivity contribution < 1.29 is 9.72 Å². The highest BCUT2D eigenvalue weighted by Crippen LogP contribution is 2.29. The zero-order valence-corrected chi connectivity index (χ0v) is 13.5. The molecule has 0 unspecified atom stereocenters. The summed E-state index contributed by atoms with van der Waals surface area (Å²) in [5.74, 6) is -0.0698. The second-order valence-electron chi connectivity index (χ2n) is 4.95. The molecule has 0 bridgehead atoms. The Bertz CT molecular complexity index is 581. The molecule has 1 rings (SSSR count). The van der Waals surface area contributed by atoms with E-state index in [1.807, 2.05) is 19.9 Å². The van der Waals surface area contributed by atoms with Crippen LogP contribution in [0, 0.1) is 27.4 Å². The standard InChI is InChI=1S/C14H16BrN3O3/c1-10(2)9-17(8-4-7-16)14(19)11-5-3-6-12(13(11)15)18(20)21/h3,5-6,10H,4,8-9H2,1-2H3. The highest BCUT2D eigenvalue weighted by Gasteiger charge is 2.23. The van der Waals surface area contributed by atoms with Crippen molar-refractivity contribution in [3.8, 4) is 6.07 Å². The number of carbonyl (C=O) groups excluding carboxylic acids is 1. The first-order chi connectivity index (χ1) is 9.88. The molecule has 0 N–H and O–H groups in total. The van der Waals surface area contributed by atoms with Crippen LogP contribution in [0.25, 0.3) is 0 Å². The van der Waals surface area contributed by atoms with Crippen molar-refractivity contribution in [3.05, 3.63) is 38.3 Å². The van der Waals surface area contributed by atoms with Gasteiger partial charge in [0.15, 0.2) is 0 Å². The lowest BCUT2D eigenvalue weighted by atomic mass is 10.1. The average Bonchev–Trinajstić information content (AvgIpc) is 2.42. The van der Waals surface area contributed by atoms with Crippen LogP contribution >= 0.6 is 15.9 Å². The van der Waals surface area contributed by atoms with Crippen LogP contribution in [0.3, 0.4) is 0 Å². The van der Waals surface area contributed by atoms with E-state index in [9.17, 15) is 14.9 Å². The number of nitrogens with zero attached hydrogens (tertiary/aromatic N) is 3. The van der Waals surface area contributed by atoms with E-state index in [0.717, 1.165) is 0 Å². The molecule has 0 aliphatic heterocycles. The lowest BCUT2D eigenvalue weighted by molar-refractivity contribution is -0.385. The fraction of sp³-hybridized carbons (Fsp3) is 0.429. The lowest BCUT2D eigenvalue weighted by Crippen LogP contribution is -2.35. The topological polar surface area (TPSA) is 87.2 Å². The fourth-order valence-corrected chi connectivity index (χ4v) is 2.48. The summed E-state index contributed by atoms with van der Waals surface area (Å²) in [4.78, 5) is 24.5. The zero-order valence-electron chi connectivity index (χ0n) is 11.9. The van der Waals surface area contributed by atoms with Crippen LogP contribution in [-0.4, -0.2) is 28.8 Å². The molecule has 1 aromatic rings. The quantitative estimate of drug-likeness (QED) is 0.579. The number of hydrogen-bond acceptors (Lipinski definition) is 4. The van der Waals surface area contributed by atoms with E-state index in [0.29, 0.717) is 13.1 Å². The third-order valence-electron chi connectivity index (χ3n) is 2.77. The molecule has 1 amide bonds. The van der Waals surface area contributed by atoms with Crippen molar-refractivity contribution in [3.63, 3.8) is 0 Å². The Kier molecular flexibility index (Phi) is 6.31. The minimum Gasteiger partial charge on any atom is -0.337 e. The number of hydrogen-bond donors (Lipinski definition) is 0. The lowest BCUT2D eigenvalue weighted by Gasteiger charge is -2.24. The van der Waals surface area contributed by atoms with Crippen LogP contribution in [0.1, 0.15) is 30.6 Å². The van der Waals surface area contributed by atoms with E-state index in [1.165, 1.54) is 12.1 Å². The number of nitriles is 1. The van der Waals surface area contributed by atoms with Gasteiger partial charge in [0.1, 0.15) is 4.47 Å². The molecular formula is C14H16BrN3O3. The van der Waals surface area contributed by atoms with Crippen molar-refractivity contribution in [2.24, 2.45) is 5.92 Å². The Morgan fingerprint density at radius 2 is 2.19 bits per heavy atom. The molecule has 0 heterocycles. The number of nitro benzene ring substituents is 1. The maximum atomic E-state index is 12.5. The SMILES string of the molecule is CC(C)CN(CCC#N)C(=O)c1cccc([N+](=O)[O-])c1Br. The monoisotopic (exact) mass is 353 g/mol. The minimum atomic E-state index is -0.539. The number of halogens is 1. The van der Waals surface area contributed by atoms with Gasteiger partial charge in [-0.15, -0.1) is 0 Å². The smallest absolute Gasteiger partial charge is 0.284 e. The van der Waals surface area contributed by atoms with Gasteiger partial charge >= 0.3 is 0 Å². The third kappa shape index (κ3) is 4.53. The largest absolute Gasteiger partial charge is 0.337 e. The van der Waals surface area contributed by atoms with Crippen molar-refractivity contribution in [2.45, 2.75) is 20.3 Å². The molecule has 0 aromatic heterocycles. The van der Waals surface area contributed by atoms with Crippen LogP contribution in [0.4, 0.5) is 5.69 Å². The van der Waals surface area contributed by atoms with E-state index < -0.39 is 4.92 Å². The fourth-order valence-electron chi connectivity index (χ4n) is 1.90. The van der Waals surface area contributed by atoms with Gasteiger partial charge in [-0.1, -0.05) is 19.9 Å². The van der Waals surface area contributed by atoms with E-state index in [1.54, 1.807) is 11.0 Å². The minimum absolute atomic E-state index is 0.148. The van der Waals surface area contributed by atoms with Gasteiger partial charge in [0, 0.05) is 19.2 Å². The molecule has 0 radical (unpaired) electrons. The molecule has 6 nitrogen and oxygen atoms in total. The molecule has 0 aliphatic rings. The van der Waals surface area contributed by atoms with Gasteiger partial charge in [-0.3, -0.25) is 14.9 Å². The van der Waals surface area contributed by atoms with Crippen molar-refractivity contribution >= 4 is 27.5 Å². The first-order valence-electron chi connectivity index (χ1n) is 6.47. The summed E-state index contributed by atoms with van der Waals surface area (Å²) in [6, 6.07) is 6.37. The van der Waals surface area contributed by atoms with Gasteiger partial charge in [-0.25, -0.2) is 0 Å². The summed E-state index contributed by atoms with van der Waals surface area (Å²) in [5, 5.41) is 19.6. The second kappa shape index (κ2) is 7.74. The van der Waals surface area contributed by atoms with E-state index in [-0.39, 0.29) is 34.0 Å². The first-order valence-corrected chi connectivity index (χ1v) is 7.27. The number of carbonyl (C=O) groups is 1. The molecule has 0 fully saturated rings. The Balaban J connectivity index is 3.11. The predicted octanol–water partition coefficient (Wildman–Crippen LogP) is 3.37. The number of rotatable bonds is 6. The molecule has 21 heavy (non-hydrogen) atoms. The van der Waals surface area contributed by atoms with Gasteiger partial charge in [0.2, 0.25) is 0 Å². The molecule has 0 spiro atoms. The summed E-state index contributed by atoms with van der Waals surface area (Å²) in [6.45, 7) is 4.74. The van der Waals surface area contributed by atoms with Crippen molar-refractivity contribution in [2.75, 3.05) is 13.1 Å². The molecule has 0 saturated carbocycles. The van der Waals surface area contributed by atoms with E-state index in [2.05, 4.69) is 15.9 Å². The summed E-state index contributed by atoms with van der Waals surface area (Å²) >= 11 is 3.13. The maximum absolute atomic E-state index is 12.5. The Labute approximate surface area is 131 Å². The van der Waals surface area contributed by atoms with Gasteiger partial charge in [-0.05, 0) is 27.9 Å². The molecule has 0 aliphatic carbocycles. The van der Waals surface area contributed by atoms with Crippen LogP contribution in [0.5, 0.6) is 0 Å². The average molecular weight is 354 g/mol. The molecule has 1 aromatic carbocycles. The third-order valence-corrected chi connectivity index (χ3v) is 3.61. The maximum Gasteiger partial charge on any atom is 0.284 e. The molecular weight excluding hydrogens is 338 g/mol. The van der Waals surface area contributed by atoms with Crippen molar-refractivity contribution in [1.82, 2.24) is 4.90 Å². The van der Waals surface area contributed by atoms with Gasteiger partial charge < -0.3 is 4.90 Å². The Morgan fingerprint density at radius 1 is 1.52 bits per heavy atom.